The van der Waals surface area contributed by atoms with Gasteiger partial charge in [0.1, 0.15) is 0 Å². The van der Waals surface area contributed by atoms with E-state index in [1.165, 1.54) is 11.2 Å². The van der Waals surface area contributed by atoms with Crippen molar-refractivity contribution in [2.75, 3.05) is 0 Å². The molecule has 0 heterocycles. The first-order valence-electron chi connectivity index (χ1n) is 3.10. The van der Waals surface area contributed by atoms with Gasteiger partial charge in [-0.25, -0.2) is 0 Å². The van der Waals surface area contributed by atoms with Gasteiger partial charge in [-0.3, -0.25) is 0 Å². The Morgan fingerprint density at radius 3 is 2.89 bits per heavy atom. The molecule has 0 aromatic heterocycles. The fourth-order valence-electron chi connectivity index (χ4n) is 0.707. The van der Waals surface area contributed by atoms with Crippen LogP contribution in [0.3, 0.4) is 0 Å². The third-order valence-electron chi connectivity index (χ3n) is 1.18. The third-order valence-corrected chi connectivity index (χ3v) is 1.75. The summed E-state index contributed by atoms with van der Waals surface area (Å²) in [7, 11) is 0. The van der Waals surface area contributed by atoms with Crippen LogP contribution in [0.4, 0.5) is 0 Å². The van der Waals surface area contributed by atoms with Crippen LogP contribution in [-0.4, -0.2) is 16.0 Å². The van der Waals surface area contributed by atoms with E-state index in [-0.39, 0.29) is 0 Å². The normalized spacial score (nSPS) is 28.6. The molecule has 0 spiro atoms. The molecular formula is C8H9Se. The average molecular weight is 184 g/mol. The molecule has 0 unspecified atom stereocenters. The van der Waals surface area contributed by atoms with Gasteiger partial charge in [0, 0.05) is 0 Å². The summed E-state index contributed by atoms with van der Waals surface area (Å²) in [6.07, 6.45) is 13.0. The van der Waals surface area contributed by atoms with Crippen LogP contribution in [0, 0.1) is 11.2 Å². The Hall–Kier alpha value is -0.000519. The van der Waals surface area contributed by atoms with E-state index in [0.717, 1.165) is 6.42 Å². The summed E-state index contributed by atoms with van der Waals surface area (Å²) in [6, 6.07) is 0. The Bertz CT molecular complexity index is 125. The van der Waals surface area contributed by atoms with E-state index in [0.29, 0.717) is 0 Å². The minimum atomic E-state index is 1.16. The molecule has 0 amide bonds. The predicted octanol–water partition coefficient (Wildman–Crippen LogP) is 1.80. The van der Waals surface area contributed by atoms with Crippen LogP contribution in [0.2, 0.25) is 0 Å². The molecule has 9 heavy (non-hydrogen) atoms. The predicted molar refractivity (Wildman–Crippen MR) is 40.8 cm³/mol. The molecular weight excluding hydrogens is 175 g/mol. The molecule has 0 N–H and O–H groups in total. The molecule has 1 aliphatic carbocycles. The maximum absolute atomic E-state index is 2.97. The summed E-state index contributed by atoms with van der Waals surface area (Å²) in [6.45, 7) is 0. The zero-order valence-electron chi connectivity index (χ0n) is 5.21. The molecule has 1 heteroatoms. The summed E-state index contributed by atoms with van der Waals surface area (Å²) in [4.78, 5) is 1.21. The van der Waals surface area contributed by atoms with Gasteiger partial charge < -0.3 is 0 Å². The molecule has 1 rings (SSSR count). The number of hydrogen-bond donors (Lipinski definition) is 0. The van der Waals surface area contributed by atoms with Crippen LogP contribution in [0.1, 0.15) is 12.8 Å². The third kappa shape index (κ3) is 2.88. The van der Waals surface area contributed by atoms with E-state index < -0.39 is 0 Å². The van der Waals surface area contributed by atoms with Crippen LogP contribution in [0.25, 0.3) is 0 Å². The molecule has 0 nitrogen and oxygen atoms in total. The molecule has 3 radical (unpaired) electrons. The van der Waals surface area contributed by atoms with Crippen molar-refractivity contribution in [3.8, 4) is 0 Å². The summed E-state index contributed by atoms with van der Waals surface area (Å²) >= 11 is 2.97. The Balaban J connectivity index is 2.40. The molecule has 0 bridgehead atoms. The van der Waals surface area contributed by atoms with Crippen molar-refractivity contribution >= 4 is 16.0 Å². The monoisotopic (exact) mass is 185 g/mol. The number of rotatable bonds is 0. The van der Waals surface area contributed by atoms with Crippen LogP contribution >= 0.6 is 0 Å². The SMILES string of the molecule is [Se][C]1[CH]/C=C\CC/C=C\1. The van der Waals surface area contributed by atoms with E-state index in [1.54, 1.807) is 0 Å². The minimum absolute atomic E-state index is 1.16. The van der Waals surface area contributed by atoms with Crippen molar-refractivity contribution in [1.29, 1.82) is 0 Å². The first-order valence-corrected chi connectivity index (χ1v) is 3.95. The van der Waals surface area contributed by atoms with Crippen LogP contribution in [0.5, 0.6) is 0 Å². The van der Waals surface area contributed by atoms with E-state index in [4.69, 9.17) is 0 Å². The first-order chi connectivity index (χ1) is 4.39. The van der Waals surface area contributed by atoms with Crippen molar-refractivity contribution in [3.05, 3.63) is 35.5 Å². The zero-order chi connectivity index (χ0) is 6.53. The van der Waals surface area contributed by atoms with Crippen molar-refractivity contribution < 1.29 is 0 Å². The van der Waals surface area contributed by atoms with Crippen LogP contribution < -0.4 is 0 Å². The van der Waals surface area contributed by atoms with E-state index in [1.807, 2.05) is 0 Å². The second-order valence-corrected chi connectivity index (χ2v) is 2.97. The molecule has 0 aliphatic heterocycles. The van der Waals surface area contributed by atoms with Crippen LogP contribution in [-0.2, 0) is 0 Å². The van der Waals surface area contributed by atoms with E-state index in [9.17, 15) is 0 Å². The fraction of sp³-hybridized carbons (Fsp3) is 0.250. The molecule has 0 saturated carbocycles. The summed E-state index contributed by atoms with van der Waals surface area (Å²) in [5.74, 6) is 0. The molecule has 47 valence electrons. The second kappa shape index (κ2) is 3.92. The van der Waals surface area contributed by atoms with Gasteiger partial charge in [0.2, 0.25) is 0 Å². The quantitative estimate of drug-likeness (QED) is 0.503. The molecule has 0 saturated heterocycles. The Morgan fingerprint density at radius 1 is 1.22 bits per heavy atom. The Kier molecular flexibility index (Phi) is 3.10. The van der Waals surface area contributed by atoms with Gasteiger partial charge in [0.15, 0.2) is 0 Å². The van der Waals surface area contributed by atoms with Gasteiger partial charge in [0.25, 0.3) is 0 Å². The van der Waals surface area contributed by atoms with Gasteiger partial charge in [-0.2, -0.15) is 0 Å². The summed E-state index contributed by atoms with van der Waals surface area (Å²) < 4.78 is 0. The van der Waals surface area contributed by atoms with Gasteiger partial charge in [0.05, 0.1) is 0 Å². The fourth-order valence-corrected chi connectivity index (χ4v) is 1.07. The van der Waals surface area contributed by atoms with Crippen molar-refractivity contribution in [3.63, 3.8) is 0 Å². The number of allylic oxidation sites excluding steroid dienone is 4. The molecule has 1 aliphatic rings. The molecule has 0 aromatic carbocycles. The Labute approximate surface area is 64.8 Å². The number of hydrogen-bond acceptors (Lipinski definition) is 0. The van der Waals surface area contributed by atoms with Gasteiger partial charge in [-0.05, 0) is 0 Å². The first kappa shape index (κ1) is 7.11. The van der Waals surface area contributed by atoms with Gasteiger partial charge in [-0.1, -0.05) is 0 Å². The molecule has 0 aromatic rings. The maximum atomic E-state index is 2.97. The van der Waals surface area contributed by atoms with E-state index >= 15 is 0 Å². The Morgan fingerprint density at radius 2 is 2.00 bits per heavy atom. The van der Waals surface area contributed by atoms with Gasteiger partial charge in [-0.15, -0.1) is 0 Å². The topological polar surface area (TPSA) is 0 Å². The second-order valence-electron chi connectivity index (χ2n) is 1.98. The van der Waals surface area contributed by atoms with Crippen LogP contribution in [0.15, 0.2) is 24.3 Å². The summed E-state index contributed by atoms with van der Waals surface area (Å²) in [5.41, 5.74) is 0. The van der Waals surface area contributed by atoms with Crippen molar-refractivity contribution in [2.24, 2.45) is 0 Å². The summed E-state index contributed by atoms with van der Waals surface area (Å²) in [5, 5.41) is 0. The van der Waals surface area contributed by atoms with Crippen molar-refractivity contribution in [2.45, 2.75) is 12.8 Å². The van der Waals surface area contributed by atoms with Crippen molar-refractivity contribution in [1.82, 2.24) is 0 Å². The standard InChI is InChI=1S/C8H9Se/c9-8-6-4-2-1-3-5-7-8/h2,4-7H,1,3H2/b4-2-,7-5-. The van der Waals surface area contributed by atoms with E-state index in [2.05, 4.69) is 46.7 Å². The zero-order valence-corrected chi connectivity index (χ0v) is 6.92. The van der Waals surface area contributed by atoms with Gasteiger partial charge >= 0.3 is 64.4 Å². The molecule has 0 fully saturated rings. The molecule has 0 atom stereocenters. The average Bonchev–Trinajstić information content (AvgIpc) is 1.79.